The van der Waals surface area contributed by atoms with E-state index in [1.54, 1.807) is 6.07 Å². The van der Waals surface area contributed by atoms with Crippen LogP contribution in [0, 0.1) is 0 Å². The van der Waals surface area contributed by atoms with Crippen molar-refractivity contribution in [1.29, 1.82) is 0 Å². The largest absolute Gasteiger partial charge is 0.349 e. The van der Waals surface area contributed by atoms with Gasteiger partial charge in [-0.2, -0.15) is 0 Å². The number of amides is 1. The smallest absolute Gasteiger partial charge is 0.261 e. The molecule has 0 saturated heterocycles. The third-order valence-electron chi connectivity index (χ3n) is 4.69. The van der Waals surface area contributed by atoms with Gasteiger partial charge in [-0.3, -0.25) is 9.59 Å². The standard InChI is InChI=1S/C16H23N3O2/c17-11-5-7-12(8-6-11)18-15(20)13-9-10-3-1-2-4-14(10)19-16(13)21/h9,11-12H,1-8,17H2,(H,18,20)(H,19,21). The van der Waals surface area contributed by atoms with Crippen LogP contribution in [0.3, 0.4) is 0 Å². The molecule has 1 aromatic rings. The lowest BCUT2D eigenvalue weighted by Gasteiger charge is -2.26. The summed E-state index contributed by atoms with van der Waals surface area (Å²) in [7, 11) is 0. The Hall–Kier alpha value is -1.62. The van der Waals surface area contributed by atoms with Gasteiger partial charge in [-0.05, 0) is 63.0 Å². The average molecular weight is 289 g/mol. The van der Waals surface area contributed by atoms with E-state index in [0.29, 0.717) is 0 Å². The molecule has 0 aromatic carbocycles. The van der Waals surface area contributed by atoms with Gasteiger partial charge < -0.3 is 16.0 Å². The molecular formula is C16H23N3O2. The van der Waals surface area contributed by atoms with E-state index < -0.39 is 0 Å². The third-order valence-corrected chi connectivity index (χ3v) is 4.69. The van der Waals surface area contributed by atoms with Crippen molar-refractivity contribution in [2.75, 3.05) is 0 Å². The number of aromatic amines is 1. The van der Waals surface area contributed by atoms with Crippen LogP contribution in [0.1, 0.15) is 60.1 Å². The second-order valence-corrected chi connectivity index (χ2v) is 6.31. The molecule has 5 nitrogen and oxygen atoms in total. The van der Waals surface area contributed by atoms with Gasteiger partial charge in [0.1, 0.15) is 5.56 Å². The van der Waals surface area contributed by atoms with E-state index in [-0.39, 0.29) is 29.1 Å². The van der Waals surface area contributed by atoms with Gasteiger partial charge in [0.25, 0.3) is 11.5 Å². The Kier molecular flexibility index (Phi) is 4.10. The van der Waals surface area contributed by atoms with Crippen LogP contribution in [0.4, 0.5) is 0 Å². The quantitative estimate of drug-likeness (QED) is 0.765. The minimum atomic E-state index is -0.263. The first-order valence-corrected chi connectivity index (χ1v) is 7.95. The lowest BCUT2D eigenvalue weighted by atomic mass is 9.91. The first kappa shape index (κ1) is 14.3. The summed E-state index contributed by atoms with van der Waals surface area (Å²) < 4.78 is 0. The molecule has 0 aliphatic heterocycles. The van der Waals surface area contributed by atoms with Crippen molar-refractivity contribution < 1.29 is 4.79 Å². The Bertz CT molecular complexity index is 586. The van der Waals surface area contributed by atoms with E-state index in [2.05, 4.69) is 10.3 Å². The first-order valence-electron chi connectivity index (χ1n) is 7.95. The van der Waals surface area contributed by atoms with E-state index in [9.17, 15) is 9.59 Å². The summed E-state index contributed by atoms with van der Waals surface area (Å²) in [5.41, 5.74) is 7.99. The van der Waals surface area contributed by atoms with Gasteiger partial charge in [-0.25, -0.2) is 0 Å². The summed E-state index contributed by atoms with van der Waals surface area (Å²) in [6.45, 7) is 0. The minimum absolute atomic E-state index is 0.146. The highest BCUT2D eigenvalue weighted by atomic mass is 16.2. The number of carbonyl (C=O) groups excluding carboxylic acids is 1. The van der Waals surface area contributed by atoms with Crippen LogP contribution < -0.4 is 16.6 Å². The summed E-state index contributed by atoms with van der Waals surface area (Å²) >= 11 is 0. The number of hydrogen-bond acceptors (Lipinski definition) is 3. The van der Waals surface area contributed by atoms with Crippen molar-refractivity contribution in [3.05, 3.63) is 33.2 Å². The van der Waals surface area contributed by atoms with Gasteiger partial charge in [-0.1, -0.05) is 0 Å². The molecule has 1 aromatic heterocycles. The Balaban J connectivity index is 1.74. The fraction of sp³-hybridized carbons (Fsp3) is 0.625. The van der Waals surface area contributed by atoms with Crippen LogP contribution >= 0.6 is 0 Å². The van der Waals surface area contributed by atoms with Gasteiger partial charge in [0.2, 0.25) is 0 Å². The van der Waals surface area contributed by atoms with E-state index in [0.717, 1.165) is 62.6 Å². The molecule has 4 N–H and O–H groups in total. The van der Waals surface area contributed by atoms with Gasteiger partial charge in [0.05, 0.1) is 0 Å². The van der Waals surface area contributed by atoms with Crippen molar-refractivity contribution in [1.82, 2.24) is 10.3 Å². The lowest BCUT2D eigenvalue weighted by Crippen LogP contribution is -2.42. The molecule has 0 radical (unpaired) electrons. The Morgan fingerprint density at radius 2 is 1.90 bits per heavy atom. The van der Waals surface area contributed by atoms with Crippen LogP contribution in [0.2, 0.25) is 0 Å². The van der Waals surface area contributed by atoms with Crippen molar-refractivity contribution in [3.63, 3.8) is 0 Å². The molecule has 1 heterocycles. The predicted molar refractivity (Wildman–Crippen MR) is 81.4 cm³/mol. The number of fused-ring (bicyclic) bond motifs is 1. The molecule has 2 aliphatic rings. The summed E-state index contributed by atoms with van der Waals surface area (Å²) in [4.78, 5) is 27.3. The average Bonchev–Trinajstić information content (AvgIpc) is 2.49. The first-order chi connectivity index (χ1) is 10.1. The molecule has 5 heteroatoms. The summed E-state index contributed by atoms with van der Waals surface area (Å²) in [6, 6.07) is 2.19. The number of aromatic nitrogens is 1. The molecule has 0 unspecified atom stereocenters. The summed E-state index contributed by atoms with van der Waals surface area (Å²) in [6.07, 6.45) is 7.76. The van der Waals surface area contributed by atoms with Crippen LogP contribution in [0.25, 0.3) is 0 Å². The SMILES string of the molecule is NC1CCC(NC(=O)c2cc3c([nH]c2=O)CCCC3)CC1. The Morgan fingerprint density at radius 3 is 2.67 bits per heavy atom. The fourth-order valence-electron chi connectivity index (χ4n) is 3.37. The molecule has 3 rings (SSSR count). The van der Waals surface area contributed by atoms with Crippen LogP contribution in [-0.2, 0) is 12.8 Å². The van der Waals surface area contributed by atoms with Crippen LogP contribution in [0.15, 0.2) is 10.9 Å². The highest BCUT2D eigenvalue weighted by Crippen LogP contribution is 2.20. The number of carbonyl (C=O) groups is 1. The second-order valence-electron chi connectivity index (χ2n) is 6.31. The van der Waals surface area contributed by atoms with E-state index >= 15 is 0 Å². The molecule has 1 amide bonds. The number of H-pyrrole nitrogens is 1. The monoisotopic (exact) mass is 289 g/mol. The number of hydrogen-bond donors (Lipinski definition) is 3. The zero-order chi connectivity index (χ0) is 14.8. The Morgan fingerprint density at radius 1 is 1.19 bits per heavy atom. The lowest BCUT2D eigenvalue weighted by molar-refractivity contribution is 0.0924. The molecule has 2 aliphatic carbocycles. The van der Waals surface area contributed by atoms with Gasteiger partial charge >= 0.3 is 0 Å². The highest BCUT2D eigenvalue weighted by molar-refractivity contribution is 5.94. The summed E-state index contributed by atoms with van der Waals surface area (Å²) in [5.74, 6) is -0.245. The van der Waals surface area contributed by atoms with E-state index in [4.69, 9.17) is 5.73 Å². The van der Waals surface area contributed by atoms with Crippen molar-refractivity contribution in [3.8, 4) is 0 Å². The maximum absolute atomic E-state index is 12.3. The minimum Gasteiger partial charge on any atom is -0.349 e. The summed E-state index contributed by atoms with van der Waals surface area (Å²) in [5, 5.41) is 2.99. The number of pyridine rings is 1. The third kappa shape index (κ3) is 3.18. The molecule has 114 valence electrons. The van der Waals surface area contributed by atoms with E-state index in [1.807, 2.05) is 0 Å². The molecule has 21 heavy (non-hydrogen) atoms. The zero-order valence-electron chi connectivity index (χ0n) is 12.3. The van der Waals surface area contributed by atoms with Crippen LogP contribution in [-0.4, -0.2) is 23.0 Å². The highest BCUT2D eigenvalue weighted by Gasteiger charge is 2.22. The topological polar surface area (TPSA) is 88.0 Å². The number of nitrogens with two attached hydrogens (primary N) is 1. The van der Waals surface area contributed by atoms with Crippen molar-refractivity contribution in [2.45, 2.75) is 63.5 Å². The van der Waals surface area contributed by atoms with Gasteiger partial charge in [-0.15, -0.1) is 0 Å². The number of nitrogens with one attached hydrogen (secondary N) is 2. The molecule has 0 spiro atoms. The predicted octanol–water partition coefficient (Wildman–Crippen LogP) is 1.25. The normalized spacial score (nSPS) is 25.2. The molecule has 0 bridgehead atoms. The molecule has 1 saturated carbocycles. The fourth-order valence-corrected chi connectivity index (χ4v) is 3.37. The van der Waals surface area contributed by atoms with Gasteiger partial charge in [0, 0.05) is 17.8 Å². The van der Waals surface area contributed by atoms with E-state index in [1.165, 1.54) is 0 Å². The Labute approximate surface area is 124 Å². The molecular weight excluding hydrogens is 266 g/mol. The van der Waals surface area contributed by atoms with Crippen LogP contribution in [0.5, 0.6) is 0 Å². The zero-order valence-corrected chi connectivity index (χ0v) is 12.3. The maximum atomic E-state index is 12.3. The van der Waals surface area contributed by atoms with Crippen molar-refractivity contribution in [2.24, 2.45) is 5.73 Å². The molecule has 0 atom stereocenters. The molecule has 1 fully saturated rings. The number of aryl methyl sites for hydroxylation is 2. The second kappa shape index (κ2) is 6.02. The number of rotatable bonds is 2. The van der Waals surface area contributed by atoms with Crippen molar-refractivity contribution >= 4 is 5.91 Å². The van der Waals surface area contributed by atoms with Gasteiger partial charge in [0.15, 0.2) is 0 Å². The maximum Gasteiger partial charge on any atom is 0.261 e.